The minimum Gasteiger partial charge on any atom is -0.394 e. The number of aliphatic hydroxyl groups excluding tert-OH is 5. The van der Waals surface area contributed by atoms with Gasteiger partial charge in [0, 0.05) is 6.42 Å². The monoisotopic (exact) mass is 858 g/mol. The van der Waals surface area contributed by atoms with Crippen molar-refractivity contribution in [3.05, 3.63) is 72.9 Å². The van der Waals surface area contributed by atoms with E-state index in [1.807, 2.05) is 6.08 Å². The molecule has 0 aromatic heterocycles. The first kappa shape index (κ1) is 56.6. The molecule has 61 heavy (non-hydrogen) atoms. The van der Waals surface area contributed by atoms with Crippen molar-refractivity contribution in [1.82, 2.24) is 5.32 Å². The van der Waals surface area contributed by atoms with Crippen LogP contribution in [0.1, 0.15) is 194 Å². The molecule has 0 saturated carbocycles. The van der Waals surface area contributed by atoms with Crippen LogP contribution in [0, 0.1) is 0 Å². The second-order valence-corrected chi connectivity index (χ2v) is 16.9. The van der Waals surface area contributed by atoms with Crippen LogP contribution in [0.4, 0.5) is 0 Å². The molecule has 9 nitrogen and oxygen atoms in total. The van der Waals surface area contributed by atoms with Gasteiger partial charge in [0.25, 0.3) is 0 Å². The molecule has 1 saturated heterocycles. The van der Waals surface area contributed by atoms with Crippen molar-refractivity contribution in [3.63, 3.8) is 0 Å². The predicted octanol–water partition coefficient (Wildman–Crippen LogP) is 10.9. The Labute approximate surface area is 372 Å². The summed E-state index contributed by atoms with van der Waals surface area (Å²) in [6.45, 7) is 3.65. The van der Waals surface area contributed by atoms with Crippen LogP contribution in [0.25, 0.3) is 0 Å². The molecule has 1 amide bonds. The van der Waals surface area contributed by atoms with Gasteiger partial charge >= 0.3 is 0 Å². The highest BCUT2D eigenvalue weighted by atomic mass is 16.7. The third-order valence-corrected chi connectivity index (χ3v) is 11.3. The molecular formula is C52H91NO8. The molecule has 352 valence electrons. The van der Waals surface area contributed by atoms with Crippen LogP contribution in [0.3, 0.4) is 0 Å². The molecular weight excluding hydrogens is 767 g/mol. The van der Waals surface area contributed by atoms with Crippen LogP contribution >= 0.6 is 0 Å². The molecule has 9 heteroatoms. The smallest absolute Gasteiger partial charge is 0.220 e. The van der Waals surface area contributed by atoms with Gasteiger partial charge in [0.15, 0.2) is 6.29 Å². The third-order valence-electron chi connectivity index (χ3n) is 11.3. The lowest BCUT2D eigenvalue weighted by Crippen LogP contribution is -2.60. The van der Waals surface area contributed by atoms with E-state index < -0.39 is 49.5 Å². The van der Waals surface area contributed by atoms with E-state index in [1.165, 1.54) is 89.9 Å². The van der Waals surface area contributed by atoms with Crippen molar-refractivity contribution in [1.29, 1.82) is 0 Å². The van der Waals surface area contributed by atoms with Gasteiger partial charge in [-0.05, 0) is 64.2 Å². The van der Waals surface area contributed by atoms with Crippen molar-refractivity contribution in [3.8, 4) is 0 Å². The Morgan fingerprint density at radius 3 is 1.51 bits per heavy atom. The number of unbranched alkanes of at least 4 members (excludes halogenated alkanes) is 20. The van der Waals surface area contributed by atoms with E-state index in [4.69, 9.17) is 9.47 Å². The Balaban J connectivity index is 2.32. The fraction of sp³-hybridized carbons (Fsp3) is 0.750. The molecule has 0 bridgehead atoms. The Morgan fingerprint density at radius 1 is 0.574 bits per heavy atom. The molecule has 1 heterocycles. The molecule has 1 aliphatic heterocycles. The Hall–Kier alpha value is -2.37. The molecule has 0 aromatic rings. The van der Waals surface area contributed by atoms with Gasteiger partial charge in [0.1, 0.15) is 24.4 Å². The second kappa shape index (κ2) is 41.6. The highest BCUT2D eigenvalue weighted by molar-refractivity contribution is 5.76. The van der Waals surface area contributed by atoms with E-state index in [9.17, 15) is 30.3 Å². The fourth-order valence-corrected chi connectivity index (χ4v) is 7.36. The summed E-state index contributed by atoms with van der Waals surface area (Å²) in [4.78, 5) is 13.0. The van der Waals surface area contributed by atoms with Crippen LogP contribution in [0.5, 0.6) is 0 Å². The molecule has 0 aliphatic carbocycles. The zero-order chi connectivity index (χ0) is 44.4. The minimum absolute atomic E-state index is 0.191. The van der Waals surface area contributed by atoms with Gasteiger partial charge in [0.2, 0.25) is 5.91 Å². The van der Waals surface area contributed by atoms with Crippen LogP contribution < -0.4 is 5.32 Å². The number of rotatable bonds is 40. The number of amides is 1. The van der Waals surface area contributed by atoms with Crippen LogP contribution in [0.2, 0.25) is 0 Å². The minimum atomic E-state index is -1.57. The van der Waals surface area contributed by atoms with E-state index in [0.717, 1.165) is 83.5 Å². The lowest BCUT2D eigenvalue weighted by Gasteiger charge is -2.40. The van der Waals surface area contributed by atoms with E-state index in [1.54, 1.807) is 6.08 Å². The zero-order valence-corrected chi connectivity index (χ0v) is 38.6. The Kier molecular flexibility index (Phi) is 38.7. The van der Waals surface area contributed by atoms with E-state index in [-0.39, 0.29) is 12.5 Å². The average molecular weight is 858 g/mol. The topological polar surface area (TPSA) is 149 Å². The number of carbonyl (C=O) groups is 1. The largest absolute Gasteiger partial charge is 0.394 e. The molecule has 0 aromatic carbocycles. The van der Waals surface area contributed by atoms with Crippen LogP contribution in [0.15, 0.2) is 72.9 Å². The molecule has 1 rings (SSSR count). The second-order valence-electron chi connectivity index (χ2n) is 16.9. The van der Waals surface area contributed by atoms with Crippen LogP contribution in [-0.4, -0.2) is 87.5 Å². The Bertz CT molecular complexity index is 1180. The molecule has 6 N–H and O–H groups in total. The van der Waals surface area contributed by atoms with Crippen LogP contribution in [-0.2, 0) is 14.3 Å². The summed E-state index contributed by atoms with van der Waals surface area (Å²) in [5.74, 6) is -0.191. The fourth-order valence-electron chi connectivity index (χ4n) is 7.36. The van der Waals surface area contributed by atoms with Gasteiger partial charge in [-0.1, -0.05) is 196 Å². The highest BCUT2D eigenvalue weighted by Crippen LogP contribution is 2.22. The molecule has 7 unspecified atom stereocenters. The Morgan fingerprint density at radius 2 is 1.02 bits per heavy atom. The first-order chi connectivity index (χ1) is 29.8. The zero-order valence-electron chi connectivity index (χ0n) is 38.6. The van der Waals surface area contributed by atoms with Crippen molar-refractivity contribution in [2.24, 2.45) is 0 Å². The number of hydrogen-bond acceptors (Lipinski definition) is 8. The maximum atomic E-state index is 13.0. The number of nitrogens with one attached hydrogen (secondary N) is 1. The van der Waals surface area contributed by atoms with Gasteiger partial charge in [-0.2, -0.15) is 0 Å². The number of aliphatic hydroxyl groups is 5. The summed E-state index contributed by atoms with van der Waals surface area (Å²) in [5.41, 5.74) is 0. The van der Waals surface area contributed by atoms with Gasteiger partial charge in [-0.15, -0.1) is 0 Å². The van der Waals surface area contributed by atoms with E-state index >= 15 is 0 Å². The first-order valence-electron chi connectivity index (χ1n) is 24.7. The summed E-state index contributed by atoms with van der Waals surface area (Å²) in [5, 5.41) is 54.3. The van der Waals surface area contributed by atoms with Gasteiger partial charge in [-0.25, -0.2) is 0 Å². The summed E-state index contributed by atoms with van der Waals surface area (Å²) in [7, 11) is 0. The predicted molar refractivity (Wildman–Crippen MR) is 253 cm³/mol. The van der Waals surface area contributed by atoms with E-state index in [2.05, 4.69) is 79.9 Å². The standard InChI is InChI=1S/C52H91NO8/c1-3-5-7-9-11-13-15-17-19-20-21-22-23-24-25-26-28-30-32-34-36-38-40-42-48(56)53-45(44-60-52-51(59)50(58)49(57)47(43-54)61-52)46(55)41-39-37-35-33-31-29-27-18-16-14-12-10-8-6-4-2/h5,7,11,13,17,19,21-22,24-25,39,41,45-47,49-52,54-55,57-59H,3-4,6,8-10,12,14-16,18,20,23,26-38,40,42-44H2,1-2H3,(H,53,56)/b7-5-,13-11-,19-17-,22-21-,25-24-,41-39+. The molecule has 0 radical (unpaired) electrons. The third kappa shape index (κ3) is 32.0. The van der Waals surface area contributed by atoms with Crippen molar-refractivity contribution in [2.75, 3.05) is 13.2 Å². The highest BCUT2D eigenvalue weighted by Gasteiger charge is 2.44. The molecule has 7 atom stereocenters. The first-order valence-corrected chi connectivity index (χ1v) is 24.7. The maximum Gasteiger partial charge on any atom is 0.220 e. The molecule has 1 fully saturated rings. The number of ether oxygens (including phenoxy) is 2. The number of hydrogen-bond donors (Lipinski definition) is 6. The normalized spacial score (nSPS) is 21.1. The summed E-state index contributed by atoms with van der Waals surface area (Å²) < 4.78 is 11.2. The molecule has 1 aliphatic rings. The van der Waals surface area contributed by atoms with Gasteiger partial charge in [0.05, 0.1) is 25.4 Å². The average Bonchev–Trinajstić information content (AvgIpc) is 3.26. The SMILES string of the molecule is CC/C=C\C/C=C\C/C=C\C/C=C\C/C=C\CCCCCCCCCC(=O)NC(COC1OC(CO)C(O)C(O)C1O)C(O)/C=C/CCCCCCCCCCCCCCC. The molecule has 0 spiro atoms. The van der Waals surface area contributed by atoms with Crippen molar-refractivity contribution in [2.45, 2.75) is 236 Å². The lowest BCUT2D eigenvalue weighted by molar-refractivity contribution is -0.302. The summed E-state index contributed by atoms with van der Waals surface area (Å²) in [6.07, 6.45) is 49.4. The van der Waals surface area contributed by atoms with Crippen molar-refractivity contribution >= 4 is 5.91 Å². The number of allylic oxidation sites excluding steroid dienone is 11. The maximum absolute atomic E-state index is 13.0. The quantitative estimate of drug-likeness (QED) is 0.0264. The van der Waals surface area contributed by atoms with Crippen molar-refractivity contribution < 1.29 is 39.8 Å². The lowest BCUT2D eigenvalue weighted by atomic mass is 9.99. The number of carbonyl (C=O) groups excluding carboxylic acids is 1. The van der Waals surface area contributed by atoms with E-state index in [0.29, 0.717) is 6.42 Å². The summed E-state index contributed by atoms with van der Waals surface area (Å²) >= 11 is 0. The van der Waals surface area contributed by atoms with Gasteiger partial charge < -0.3 is 40.3 Å². The van der Waals surface area contributed by atoms with Gasteiger partial charge in [-0.3, -0.25) is 4.79 Å². The summed E-state index contributed by atoms with van der Waals surface area (Å²) in [6, 6.07) is -0.814.